The summed E-state index contributed by atoms with van der Waals surface area (Å²) in [5.41, 5.74) is 0.599. The van der Waals surface area contributed by atoms with Crippen LogP contribution in [-0.2, 0) is 0 Å². The zero-order chi connectivity index (χ0) is 13.2. The lowest BCUT2D eigenvalue weighted by Crippen LogP contribution is -2.52. The van der Waals surface area contributed by atoms with Crippen LogP contribution in [0.15, 0.2) is 0 Å². The summed E-state index contributed by atoms with van der Waals surface area (Å²) in [5, 5.41) is 3.62. The van der Waals surface area contributed by atoms with Gasteiger partial charge in [-0.3, -0.25) is 4.90 Å². The summed E-state index contributed by atoms with van der Waals surface area (Å²) >= 11 is 0. The molecule has 0 aromatic carbocycles. The van der Waals surface area contributed by atoms with E-state index < -0.39 is 0 Å². The lowest BCUT2D eigenvalue weighted by atomic mass is 9.74. The molecule has 0 amide bonds. The fourth-order valence-corrected chi connectivity index (χ4v) is 3.92. The summed E-state index contributed by atoms with van der Waals surface area (Å²) in [6, 6.07) is 2.41. The zero-order valence-electron chi connectivity index (χ0n) is 12.8. The van der Waals surface area contributed by atoms with Crippen LogP contribution in [0, 0.1) is 5.41 Å². The van der Waals surface area contributed by atoms with Crippen molar-refractivity contribution in [2.45, 2.75) is 84.3 Å². The summed E-state index contributed by atoms with van der Waals surface area (Å²) in [5.74, 6) is 0. The third-order valence-electron chi connectivity index (χ3n) is 5.20. The maximum absolute atomic E-state index is 3.62. The van der Waals surface area contributed by atoms with E-state index >= 15 is 0 Å². The summed E-state index contributed by atoms with van der Waals surface area (Å²) in [6.07, 6.45) is 8.35. The molecule has 2 unspecified atom stereocenters. The van der Waals surface area contributed by atoms with Gasteiger partial charge in [-0.05, 0) is 57.4 Å². The van der Waals surface area contributed by atoms with Crippen LogP contribution in [0.4, 0.5) is 0 Å². The van der Waals surface area contributed by atoms with E-state index in [1.165, 1.54) is 45.1 Å². The summed E-state index contributed by atoms with van der Waals surface area (Å²) in [4.78, 5) is 2.81. The summed E-state index contributed by atoms with van der Waals surface area (Å²) < 4.78 is 0. The highest BCUT2D eigenvalue weighted by atomic mass is 15.2. The molecule has 0 aromatic rings. The van der Waals surface area contributed by atoms with Crippen molar-refractivity contribution >= 4 is 0 Å². The molecule has 2 aliphatic rings. The van der Waals surface area contributed by atoms with Gasteiger partial charge < -0.3 is 5.32 Å². The normalized spacial score (nSPS) is 34.7. The van der Waals surface area contributed by atoms with E-state index in [4.69, 9.17) is 0 Å². The molecule has 2 fully saturated rings. The summed E-state index contributed by atoms with van der Waals surface area (Å²) in [7, 11) is 0. The molecule has 18 heavy (non-hydrogen) atoms. The van der Waals surface area contributed by atoms with Gasteiger partial charge in [0, 0.05) is 24.7 Å². The van der Waals surface area contributed by atoms with Gasteiger partial charge in [0.1, 0.15) is 0 Å². The van der Waals surface area contributed by atoms with Crippen molar-refractivity contribution in [1.82, 2.24) is 10.2 Å². The molecule has 0 bridgehead atoms. The number of piperidine rings is 1. The molecule has 0 radical (unpaired) electrons. The van der Waals surface area contributed by atoms with Crippen LogP contribution in [0.3, 0.4) is 0 Å². The van der Waals surface area contributed by atoms with Crippen molar-refractivity contribution in [3.8, 4) is 0 Å². The monoisotopic (exact) mass is 252 g/mol. The zero-order valence-corrected chi connectivity index (χ0v) is 12.8. The van der Waals surface area contributed by atoms with Crippen LogP contribution in [0.25, 0.3) is 0 Å². The van der Waals surface area contributed by atoms with Gasteiger partial charge in [-0.1, -0.05) is 20.8 Å². The predicted molar refractivity (Wildman–Crippen MR) is 78.9 cm³/mol. The van der Waals surface area contributed by atoms with Gasteiger partial charge in [0.25, 0.3) is 0 Å². The molecule has 106 valence electrons. The number of rotatable bonds is 3. The first-order valence-corrected chi connectivity index (χ1v) is 8.01. The molecule has 1 aliphatic heterocycles. The van der Waals surface area contributed by atoms with E-state index in [0.717, 1.165) is 24.7 Å². The first-order valence-electron chi connectivity index (χ1n) is 8.01. The second-order valence-electron chi connectivity index (χ2n) is 7.26. The van der Waals surface area contributed by atoms with Crippen molar-refractivity contribution in [1.29, 1.82) is 0 Å². The lowest BCUT2D eigenvalue weighted by Gasteiger charge is -2.46. The fraction of sp³-hybridized carbons (Fsp3) is 1.00. The predicted octanol–water partition coefficient (Wildman–Crippen LogP) is 3.42. The van der Waals surface area contributed by atoms with Gasteiger partial charge >= 0.3 is 0 Å². The van der Waals surface area contributed by atoms with Gasteiger partial charge in [0.2, 0.25) is 0 Å². The number of hydrogen-bond acceptors (Lipinski definition) is 2. The van der Waals surface area contributed by atoms with Crippen LogP contribution in [0.5, 0.6) is 0 Å². The molecular formula is C16H32N2. The molecule has 0 spiro atoms. The Morgan fingerprint density at radius 1 is 1.17 bits per heavy atom. The maximum atomic E-state index is 3.62. The molecule has 1 saturated carbocycles. The standard InChI is InChI=1S/C16H32N2/c1-5-17-14-8-11-18(13(2)12-14)15-6-9-16(3,4)10-7-15/h13-15,17H,5-12H2,1-4H3. The third-order valence-corrected chi connectivity index (χ3v) is 5.20. The molecule has 2 rings (SSSR count). The van der Waals surface area contributed by atoms with Crippen molar-refractivity contribution in [2.24, 2.45) is 5.41 Å². The minimum atomic E-state index is 0.599. The van der Waals surface area contributed by atoms with Crippen LogP contribution in [0.1, 0.15) is 66.2 Å². The number of nitrogens with one attached hydrogen (secondary N) is 1. The van der Waals surface area contributed by atoms with Gasteiger partial charge in [-0.15, -0.1) is 0 Å². The van der Waals surface area contributed by atoms with E-state index in [9.17, 15) is 0 Å². The smallest absolute Gasteiger partial charge is 0.00985 e. The number of hydrogen-bond donors (Lipinski definition) is 1. The average molecular weight is 252 g/mol. The Balaban J connectivity index is 1.84. The number of nitrogens with zero attached hydrogens (tertiary/aromatic N) is 1. The Labute approximate surface area is 114 Å². The topological polar surface area (TPSA) is 15.3 Å². The van der Waals surface area contributed by atoms with Crippen LogP contribution in [-0.4, -0.2) is 36.1 Å². The fourth-order valence-electron chi connectivity index (χ4n) is 3.92. The van der Waals surface area contributed by atoms with E-state index in [1.807, 2.05) is 0 Å². The van der Waals surface area contributed by atoms with Crippen LogP contribution < -0.4 is 5.32 Å². The minimum Gasteiger partial charge on any atom is -0.314 e. The van der Waals surface area contributed by atoms with Gasteiger partial charge in [0.05, 0.1) is 0 Å². The Hall–Kier alpha value is -0.0800. The molecule has 0 aromatic heterocycles. The second-order valence-corrected chi connectivity index (χ2v) is 7.26. The first kappa shape index (κ1) is 14.3. The van der Waals surface area contributed by atoms with Crippen LogP contribution in [0.2, 0.25) is 0 Å². The van der Waals surface area contributed by atoms with Crippen molar-refractivity contribution in [3.63, 3.8) is 0 Å². The van der Waals surface area contributed by atoms with Crippen molar-refractivity contribution in [2.75, 3.05) is 13.1 Å². The van der Waals surface area contributed by atoms with E-state index in [-0.39, 0.29) is 0 Å². The molecule has 2 heteroatoms. The molecule has 1 heterocycles. The third kappa shape index (κ3) is 3.48. The quantitative estimate of drug-likeness (QED) is 0.828. The van der Waals surface area contributed by atoms with E-state index in [0.29, 0.717) is 5.41 Å². The molecule has 1 aliphatic carbocycles. The Bertz CT molecular complexity index is 252. The van der Waals surface area contributed by atoms with Crippen LogP contribution >= 0.6 is 0 Å². The maximum Gasteiger partial charge on any atom is 0.00985 e. The second kappa shape index (κ2) is 5.92. The largest absolute Gasteiger partial charge is 0.314 e. The molecule has 2 atom stereocenters. The Morgan fingerprint density at radius 3 is 2.39 bits per heavy atom. The molecule has 1 N–H and O–H groups in total. The average Bonchev–Trinajstić information content (AvgIpc) is 2.31. The summed E-state index contributed by atoms with van der Waals surface area (Å²) in [6.45, 7) is 12.0. The van der Waals surface area contributed by atoms with E-state index in [1.54, 1.807) is 0 Å². The van der Waals surface area contributed by atoms with Crippen molar-refractivity contribution in [3.05, 3.63) is 0 Å². The lowest BCUT2D eigenvalue weighted by molar-refractivity contribution is 0.0453. The minimum absolute atomic E-state index is 0.599. The SMILES string of the molecule is CCNC1CCN(C2CCC(C)(C)CC2)C(C)C1. The highest BCUT2D eigenvalue weighted by Gasteiger charge is 2.34. The number of likely N-dealkylation sites (tertiary alicyclic amines) is 1. The Kier molecular flexibility index (Phi) is 4.71. The molecule has 2 nitrogen and oxygen atoms in total. The highest BCUT2D eigenvalue weighted by molar-refractivity contribution is 4.90. The Morgan fingerprint density at radius 2 is 1.83 bits per heavy atom. The van der Waals surface area contributed by atoms with Crippen molar-refractivity contribution < 1.29 is 0 Å². The highest BCUT2D eigenvalue weighted by Crippen LogP contribution is 2.38. The molecular weight excluding hydrogens is 220 g/mol. The first-order chi connectivity index (χ1) is 8.52. The van der Waals surface area contributed by atoms with Gasteiger partial charge in [-0.2, -0.15) is 0 Å². The molecule has 1 saturated heterocycles. The van der Waals surface area contributed by atoms with Gasteiger partial charge in [-0.25, -0.2) is 0 Å². The van der Waals surface area contributed by atoms with E-state index in [2.05, 4.69) is 37.9 Å². The van der Waals surface area contributed by atoms with Gasteiger partial charge in [0.15, 0.2) is 0 Å².